The van der Waals surface area contributed by atoms with Crippen molar-refractivity contribution in [1.29, 1.82) is 0 Å². The molecule has 5 rings (SSSR count). The second kappa shape index (κ2) is 3.25. The first-order valence-corrected chi connectivity index (χ1v) is 6.31. The summed E-state index contributed by atoms with van der Waals surface area (Å²) in [6, 6.07) is 5.51. The minimum atomic E-state index is -2.33. The van der Waals surface area contributed by atoms with Crippen LogP contribution in [0, 0.1) is 0 Å². The number of fused-ring (bicyclic) bond motifs is 7. The van der Waals surface area contributed by atoms with Crippen molar-refractivity contribution >= 4 is 22.3 Å². The molecule has 0 bridgehead atoms. The SMILES string of the molecule is [2H]C([2H])([2H])n1c2[n+](c3oc4ncccc4c31)Cc1ccncc1-2. The lowest BCUT2D eigenvalue weighted by Gasteiger charge is -1.94. The minimum absolute atomic E-state index is 0.444. The zero-order valence-electron chi connectivity index (χ0n) is 13.4. The fraction of sp³-hybridized carbons (Fsp3) is 0.133. The number of nitrogens with zero attached hydrogens (tertiary/aromatic N) is 4. The molecule has 0 N–H and O–H groups in total. The summed E-state index contributed by atoms with van der Waals surface area (Å²) in [6.45, 7) is -1.77. The summed E-state index contributed by atoms with van der Waals surface area (Å²) in [5, 5.41) is 0.700. The van der Waals surface area contributed by atoms with Gasteiger partial charge < -0.3 is 4.42 Å². The molecule has 0 aromatic carbocycles. The zero-order chi connectivity index (χ0) is 15.8. The van der Waals surface area contributed by atoms with Gasteiger partial charge in [-0.1, -0.05) is 0 Å². The maximum absolute atomic E-state index is 8.00. The van der Waals surface area contributed by atoms with Gasteiger partial charge in [0, 0.05) is 24.2 Å². The summed E-state index contributed by atoms with van der Waals surface area (Å²) in [6.07, 6.45) is 5.05. The number of aromatic nitrogens is 4. The molecule has 4 aromatic heterocycles. The van der Waals surface area contributed by atoms with Gasteiger partial charge in [0.25, 0.3) is 5.82 Å². The van der Waals surface area contributed by atoms with E-state index in [1.54, 1.807) is 24.7 Å². The highest BCUT2D eigenvalue weighted by molar-refractivity contribution is 5.99. The predicted molar refractivity (Wildman–Crippen MR) is 73.0 cm³/mol. The maximum atomic E-state index is 8.00. The second-order valence-corrected chi connectivity index (χ2v) is 4.89. The molecule has 5 heteroatoms. The summed E-state index contributed by atoms with van der Waals surface area (Å²) in [5.41, 5.74) is 3.38. The van der Waals surface area contributed by atoms with Crippen LogP contribution >= 0.6 is 0 Å². The lowest BCUT2D eigenvalue weighted by Crippen LogP contribution is -2.31. The van der Waals surface area contributed by atoms with Crippen molar-refractivity contribution in [3.63, 3.8) is 0 Å². The highest BCUT2D eigenvalue weighted by Crippen LogP contribution is 2.34. The van der Waals surface area contributed by atoms with Crippen LogP contribution in [0.3, 0.4) is 0 Å². The van der Waals surface area contributed by atoms with Crippen molar-refractivity contribution in [1.82, 2.24) is 14.5 Å². The quantitative estimate of drug-likeness (QED) is 0.403. The molecule has 0 fully saturated rings. The van der Waals surface area contributed by atoms with Crippen molar-refractivity contribution in [2.24, 2.45) is 6.98 Å². The molecule has 0 atom stereocenters. The van der Waals surface area contributed by atoms with Gasteiger partial charge in [0.2, 0.25) is 11.2 Å². The van der Waals surface area contributed by atoms with Gasteiger partial charge in [0.1, 0.15) is 6.54 Å². The Balaban J connectivity index is 2.01. The normalized spacial score (nSPS) is 15.9. The Labute approximate surface area is 118 Å². The molecule has 5 nitrogen and oxygen atoms in total. The topological polar surface area (TPSA) is 47.7 Å². The van der Waals surface area contributed by atoms with Gasteiger partial charge in [-0.3, -0.25) is 4.98 Å². The summed E-state index contributed by atoms with van der Waals surface area (Å²) >= 11 is 0. The van der Waals surface area contributed by atoms with Gasteiger partial charge in [-0.2, -0.15) is 4.57 Å². The molecule has 0 saturated heterocycles. The standard InChI is InChI=1S/C15H11N4O/c1-18-12-10-3-2-5-17-13(10)20-15(12)19-8-9-4-6-16-7-11(9)14(18)19/h2-7H,8H2,1H3/q+1/i1D3. The summed E-state index contributed by atoms with van der Waals surface area (Å²) in [5.74, 6) is 0.604. The minimum Gasteiger partial charge on any atom is -0.400 e. The third-order valence-electron chi connectivity index (χ3n) is 3.84. The molecule has 0 unspecified atom stereocenters. The third-order valence-corrected chi connectivity index (χ3v) is 3.84. The molecule has 0 spiro atoms. The first-order chi connectivity index (χ1) is 11.1. The average molecular weight is 266 g/mol. The van der Waals surface area contributed by atoms with E-state index in [0.717, 1.165) is 11.1 Å². The van der Waals surface area contributed by atoms with Crippen molar-refractivity contribution in [2.45, 2.75) is 6.54 Å². The number of rotatable bonds is 0. The Bertz CT molecular complexity index is 1090. The highest BCUT2D eigenvalue weighted by Gasteiger charge is 2.36. The van der Waals surface area contributed by atoms with E-state index in [1.165, 1.54) is 4.57 Å². The number of hydrogen-bond donors (Lipinski definition) is 0. The Morgan fingerprint density at radius 2 is 2.40 bits per heavy atom. The van der Waals surface area contributed by atoms with E-state index in [9.17, 15) is 0 Å². The summed E-state index contributed by atoms with van der Waals surface area (Å²) in [4.78, 5) is 8.34. The fourth-order valence-electron chi connectivity index (χ4n) is 2.97. The van der Waals surface area contributed by atoms with Crippen LogP contribution in [-0.4, -0.2) is 14.5 Å². The smallest absolute Gasteiger partial charge is 0.341 e. The molecule has 4 aromatic rings. The third kappa shape index (κ3) is 1.02. The van der Waals surface area contributed by atoms with Gasteiger partial charge in [-0.25, -0.2) is 9.55 Å². The van der Waals surface area contributed by atoms with Crippen LogP contribution in [0.5, 0.6) is 0 Å². The first kappa shape index (κ1) is 7.79. The number of furan rings is 1. The Hall–Kier alpha value is -2.69. The van der Waals surface area contributed by atoms with Crippen LogP contribution < -0.4 is 4.57 Å². The van der Waals surface area contributed by atoms with Gasteiger partial charge in [-0.15, -0.1) is 0 Å². The van der Waals surface area contributed by atoms with Gasteiger partial charge in [0.15, 0.2) is 0 Å². The van der Waals surface area contributed by atoms with Crippen molar-refractivity contribution < 1.29 is 13.1 Å². The Morgan fingerprint density at radius 3 is 3.35 bits per heavy atom. The van der Waals surface area contributed by atoms with Gasteiger partial charge in [-0.05, 0) is 18.2 Å². The molecule has 0 saturated carbocycles. The van der Waals surface area contributed by atoms with E-state index in [0.29, 0.717) is 34.7 Å². The van der Waals surface area contributed by atoms with Crippen LogP contribution in [0.2, 0.25) is 0 Å². The lowest BCUT2D eigenvalue weighted by molar-refractivity contribution is -0.652. The monoisotopic (exact) mass is 266 g/mol. The molecule has 0 radical (unpaired) electrons. The largest absolute Gasteiger partial charge is 0.400 e. The molecule has 0 amide bonds. The first-order valence-electron chi connectivity index (χ1n) is 7.81. The Kier molecular flexibility index (Phi) is 1.27. The average Bonchev–Trinajstić information content (AvgIpc) is 3.13. The molecule has 1 aliphatic heterocycles. The number of hydrogen-bond acceptors (Lipinski definition) is 3. The molecule has 20 heavy (non-hydrogen) atoms. The van der Waals surface area contributed by atoms with E-state index in [1.807, 2.05) is 16.7 Å². The highest BCUT2D eigenvalue weighted by atomic mass is 16.4. The lowest BCUT2D eigenvalue weighted by atomic mass is 10.2. The number of aryl methyl sites for hydroxylation is 1. The van der Waals surface area contributed by atoms with E-state index in [4.69, 9.17) is 8.53 Å². The van der Waals surface area contributed by atoms with Crippen LogP contribution in [0.15, 0.2) is 41.2 Å². The van der Waals surface area contributed by atoms with Crippen LogP contribution in [0.1, 0.15) is 9.68 Å². The second-order valence-electron chi connectivity index (χ2n) is 4.89. The van der Waals surface area contributed by atoms with Crippen LogP contribution in [0.4, 0.5) is 0 Å². The van der Waals surface area contributed by atoms with E-state index < -0.39 is 6.98 Å². The molecular formula is C15H11N4O+. The van der Waals surface area contributed by atoms with Crippen molar-refractivity contribution in [3.8, 4) is 11.4 Å². The number of pyridine rings is 2. The van der Waals surface area contributed by atoms with E-state index in [-0.39, 0.29) is 0 Å². The zero-order valence-corrected chi connectivity index (χ0v) is 10.4. The summed E-state index contributed by atoms with van der Waals surface area (Å²) < 4.78 is 33.1. The fourth-order valence-corrected chi connectivity index (χ4v) is 2.97. The number of imidazole rings is 1. The van der Waals surface area contributed by atoms with Crippen LogP contribution in [-0.2, 0) is 13.5 Å². The van der Waals surface area contributed by atoms with Crippen molar-refractivity contribution in [2.75, 3.05) is 0 Å². The van der Waals surface area contributed by atoms with E-state index in [2.05, 4.69) is 9.97 Å². The maximum Gasteiger partial charge on any atom is 0.341 e. The predicted octanol–water partition coefficient (Wildman–Crippen LogP) is 2.03. The summed E-state index contributed by atoms with van der Waals surface area (Å²) in [7, 11) is 0. The van der Waals surface area contributed by atoms with Crippen molar-refractivity contribution in [3.05, 3.63) is 42.4 Å². The van der Waals surface area contributed by atoms with Gasteiger partial charge in [0.05, 0.1) is 22.0 Å². The molecular weight excluding hydrogens is 252 g/mol. The van der Waals surface area contributed by atoms with E-state index >= 15 is 0 Å². The molecule has 96 valence electrons. The molecule has 1 aliphatic rings. The molecule has 5 heterocycles. The van der Waals surface area contributed by atoms with Crippen LogP contribution in [0.25, 0.3) is 33.7 Å². The Morgan fingerprint density at radius 1 is 1.40 bits per heavy atom. The van der Waals surface area contributed by atoms with Gasteiger partial charge >= 0.3 is 5.71 Å². The molecule has 0 aliphatic carbocycles.